The zero-order chi connectivity index (χ0) is 23.6. The normalized spacial score (nSPS) is 14.1. The maximum Gasteiger partial charge on any atom is 0.238 e. The van der Waals surface area contributed by atoms with E-state index in [1.807, 2.05) is 0 Å². The fourth-order valence-electron chi connectivity index (χ4n) is 3.32. The van der Waals surface area contributed by atoms with Crippen molar-refractivity contribution < 1.29 is 34.1 Å². The zero-order valence-electron chi connectivity index (χ0n) is 17.8. The highest BCUT2D eigenvalue weighted by Gasteiger charge is 2.43. The summed E-state index contributed by atoms with van der Waals surface area (Å²) in [6, 6.07) is 13.4. The van der Waals surface area contributed by atoms with Gasteiger partial charge in [-0.2, -0.15) is 9.98 Å². The van der Waals surface area contributed by atoms with Crippen molar-refractivity contribution in [3.63, 3.8) is 0 Å². The van der Waals surface area contributed by atoms with Crippen molar-refractivity contribution >= 4 is 17.9 Å². The van der Waals surface area contributed by atoms with Crippen LogP contribution in [0.3, 0.4) is 0 Å². The molecule has 0 aliphatic heterocycles. The van der Waals surface area contributed by atoms with Crippen LogP contribution in [-0.4, -0.2) is 52.8 Å². The molecule has 0 radical (unpaired) electrons. The summed E-state index contributed by atoms with van der Waals surface area (Å²) >= 11 is 0. The van der Waals surface area contributed by atoms with Crippen LogP contribution in [0.2, 0.25) is 0 Å². The molecule has 0 spiro atoms. The van der Waals surface area contributed by atoms with Gasteiger partial charge in [0.25, 0.3) is 0 Å². The quantitative estimate of drug-likeness (QED) is 0.380. The Balaban J connectivity index is 2.20. The van der Waals surface area contributed by atoms with Gasteiger partial charge < -0.3 is 19.7 Å². The number of hydrogen-bond donors (Lipinski definition) is 2. The number of ketones is 1. The van der Waals surface area contributed by atoms with Crippen molar-refractivity contribution in [2.24, 2.45) is 9.98 Å². The number of nitrogens with zero attached hydrogens (tertiary/aromatic N) is 2. The number of aliphatic imine (C=N–C) groups is 2. The maximum absolute atomic E-state index is 13.1. The van der Waals surface area contributed by atoms with Crippen LogP contribution in [0, 0.1) is 0 Å². The second kappa shape index (κ2) is 11.1. The zero-order valence-corrected chi connectivity index (χ0v) is 17.8. The summed E-state index contributed by atoms with van der Waals surface area (Å²) in [6.07, 6.45) is 2.44. The van der Waals surface area contributed by atoms with E-state index in [0.717, 1.165) is 0 Å². The minimum absolute atomic E-state index is 0.144. The maximum atomic E-state index is 13.1. The van der Waals surface area contributed by atoms with Gasteiger partial charge >= 0.3 is 0 Å². The first-order valence-electron chi connectivity index (χ1n) is 9.69. The molecule has 2 aromatic rings. The van der Waals surface area contributed by atoms with Gasteiger partial charge in [-0.3, -0.25) is 4.79 Å². The minimum Gasteiger partial charge on any atom is -0.470 e. The summed E-state index contributed by atoms with van der Waals surface area (Å²) in [5.41, 5.74) is -2.88. The molecule has 2 N–H and O–H groups in total. The van der Waals surface area contributed by atoms with Gasteiger partial charge in [0.2, 0.25) is 12.2 Å². The van der Waals surface area contributed by atoms with Gasteiger partial charge in [-0.1, -0.05) is 36.4 Å². The summed E-state index contributed by atoms with van der Waals surface area (Å²) in [5.74, 6) is -0.117. The number of carbonyl (C=O) groups excluding carboxylic acids is 3. The van der Waals surface area contributed by atoms with Crippen LogP contribution in [-0.2, 0) is 27.2 Å². The fraction of sp³-hybridized carbons (Fsp3) is 0.348. The van der Waals surface area contributed by atoms with Crippen molar-refractivity contribution in [1.29, 1.82) is 0 Å². The molecule has 2 aromatic carbocycles. The van der Waals surface area contributed by atoms with Crippen molar-refractivity contribution in [2.45, 2.75) is 37.9 Å². The van der Waals surface area contributed by atoms with Crippen molar-refractivity contribution in [3.05, 3.63) is 59.7 Å². The second-order valence-electron chi connectivity index (χ2n) is 7.49. The Morgan fingerprint density at radius 1 is 0.812 bits per heavy atom. The highest BCUT2D eigenvalue weighted by Crippen LogP contribution is 2.30. The lowest BCUT2D eigenvalue weighted by Crippen LogP contribution is -2.52. The number of rotatable bonds is 12. The predicted molar refractivity (Wildman–Crippen MR) is 114 cm³/mol. The van der Waals surface area contributed by atoms with Crippen LogP contribution in [0.4, 0.5) is 0 Å². The third-order valence-electron chi connectivity index (χ3n) is 4.69. The Labute approximate surface area is 185 Å². The molecule has 0 aliphatic rings. The monoisotopic (exact) mass is 440 g/mol. The Bertz CT molecular complexity index is 955. The van der Waals surface area contributed by atoms with Gasteiger partial charge in [-0.05, 0) is 37.1 Å². The van der Waals surface area contributed by atoms with Gasteiger partial charge in [0.05, 0.1) is 0 Å². The molecule has 0 bridgehead atoms. The van der Waals surface area contributed by atoms with Crippen molar-refractivity contribution in [2.75, 3.05) is 13.5 Å². The first-order valence-corrected chi connectivity index (χ1v) is 9.69. The molecule has 0 fully saturated rings. The van der Waals surface area contributed by atoms with Crippen LogP contribution in [0.1, 0.15) is 25.0 Å². The van der Waals surface area contributed by atoms with Crippen molar-refractivity contribution in [3.8, 4) is 11.5 Å². The number of para-hydroxylation sites is 2. The van der Waals surface area contributed by atoms with Gasteiger partial charge in [-0.15, -0.1) is 0 Å². The molecule has 0 heterocycles. The van der Waals surface area contributed by atoms with E-state index < -0.39 is 17.0 Å². The molecule has 0 amide bonds. The third kappa shape index (κ3) is 6.70. The average molecular weight is 440 g/mol. The molecular formula is C23H24N2O7. The number of benzene rings is 2. The number of aliphatic hydroxyl groups is 2. The van der Waals surface area contributed by atoms with E-state index in [4.69, 9.17) is 9.47 Å². The number of hydrogen-bond acceptors (Lipinski definition) is 9. The Morgan fingerprint density at radius 2 is 1.19 bits per heavy atom. The molecule has 0 aromatic heterocycles. The SMILES string of the molecule is CC(O)(Cc1ccccc1OCN=C=O)C(=O)C(C)(O)Cc1ccccc1OCN=C=O. The number of ether oxygens (including phenoxy) is 2. The van der Waals surface area contributed by atoms with E-state index in [1.54, 1.807) is 48.5 Å². The Morgan fingerprint density at radius 3 is 1.56 bits per heavy atom. The van der Waals surface area contributed by atoms with Gasteiger partial charge in [0.15, 0.2) is 19.2 Å². The van der Waals surface area contributed by atoms with Crippen LogP contribution >= 0.6 is 0 Å². The summed E-state index contributed by atoms with van der Waals surface area (Å²) in [4.78, 5) is 40.2. The highest BCUT2D eigenvalue weighted by molar-refractivity contribution is 5.94. The van der Waals surface area contributed by atoms with Crippen molar-refractivity contribution in [1.82, 2.24) is 0 Å². The number of isocyanates is 2. The molecule has 9 heteroatoms. The molecular weight excluding hydrogens is 416 g/mol. The summed E-state index contributed by atoms with van der Waals surface area (Å²) in [6.45, 7) is 2.12. The van der Waals surface area contributed by atoms with Crippen LogP contribution < -0.4 is 9.47 Å². The molecule has 168 valence electrons. The topological polar surface area (TPSA) is 135 Å². The first kappa shape index (κ1) is 24.7. The smallest absolute Gasteiger partial charge is 0.238 e. The molecule has 9 nitrogen and oxygen atoms in total. The van der Waals surface area contributed by atoms with E-state index >= 15 is 0 Å². The van der Waals surface area contributed by atoms with E-state index in [0.29, 0.717) is 22.6 Å². The summed E-state index contributed by atoms with van der Waals surface area (Å²) in [7, 11) is 0. The molecule has 0 saturated carbocycles. The predicted octanol–water partition coefficient (Wildman–Crippen LogP) is 1.89. The average Bonchev–Trinajstić information content (AvgIpc) is 2.75. The van der Waals surface area contributed by atoms with E-state index in [-0.39, 0.29) is 26.3 Å². The third-order valence-corrected chi connectivity index (χ3v) is 4.69. The molecule has 32 heavy (non-hydrogen) atoms. The largest absolute Gasteiger partial charge is 0.470 e. The van der Waals surface area contributed by atoms with Crippen LogP contribution in [0.15, 0.2) is 58.5 Å². The number of Topliss-reactive ketones (excluding diaryl/α,β-unsaturated/α-hetero) is 1. The van der Waals surface area contributed by atoms with E-state index in [9.17, 15) is 24.6 Å². The Hall–Kier alpha value is -3.61. The molecule has 2 atom stereocenters. The van der Waals surface area contributed by atoms with Crippen LogP contribution in [0.25, 0.3) is 0 Å². The molecule has 0 aliphatic carbocycles. The molecule has 2 unspecified atom stereocenters. The lowest BCUT2D eigenvalue weighted by atomic mass is 9.80. The molecule has 2 rings (SSSR count). The van der Waals surface area contributed by atoms with E-state index in [2.05, 4.69) is 9.98 Å². The summed E-state index contributed by atoms with van der Waals surface area (Å²) < 4.78 is 10.8. The number of carbonyl (C=O) groups is 1. The Kier molecular flexibility index (Phi) is 8.58. The van der Waals surface area contributed by atoms with Gasteiger partial charge in [0.1, 0.15) is 22.7 Å². The standard InChI is InChI=1S/C23H24N2O7/c1-22(29,11-17-7-3-5-9-19(17)31-15-24-13-26)21(28)23(2,30)12-18-8-4-6-10-20(18)32-16-25-14-27/h3-10,29-30H,11-12,15-16H2,1-2H3. The highest BCUT2D eigenvalue weighted by atomic mass is 16.5. The van der Waals surface area contributed by atoms with Gasteiger partial charge in [-0.25, -0.2) is 9.59 Å². The van der Waals surface area contributed by atoms with Gasteiger partial charge in [0, 0.05) is 12.8 Å². The second-order valence-corrected chi connectivity index (χ2v) is 7.49. The lowest BCUT2D eigenvalue weighted by molar-refractivity contribution is -0.153. The fourth-order valence-corrected chi connectivity index (χ4v) is 3.32. The van der Waals surface area contributed by atoms with E-state index in [1.165, 1.54) is 26.0 Å². The summed E-state index contributed by atoms with van der Waals surface area (Å²) in [5, 5.41) is 21.9. The molecule has 0 saturated heterocycles. The van der Waals surface area contributed by atoms with Crippen LogP contribution in [0.5, 0.6) is 11.5 Å². The first-order chi connectivity index (χ1) is 15.2. The lowest BCUT2D eigenvalue weighted by Gasteiger charge is -2.32. The minimum atomic E-state index is -1.94.